The van der Waals surface area contributed by atoms with E-state index >= 15 is 0 Å². The van der Waals surface area contributed by atoms with Crippen molar-refractivity contribution in [3.8, 4) is 11.5 Å². The molecule has 1 amide bonds. The molecule has 0 radical (unpaired) electrons. The summed E-state index contributed by atoms with van der Waals surface area (Å²) in [5, 5.41) is 41.4. The van der Waals surface area contributed by atoms with Gasteiger partial charge in [0.05, 0.1) is 18.2 Å². The van der Waals surface area contributed by atoms with E-state index in [0.29, 0.717) is 29.7 Å². The minimum Gasteiger partial charge on any atom is -0.508 e. The van der Waals surface area contributed by atoms with Gasteiger partial charge in [-0.25, -0.2) is 4.79 Å². The summed E-state index contributed by atoms with van der Waals surface area (Å²) >= 11 is 0. The van der Waals surface area contributed by atoms with Crippen molar-refractivity contribution in [2.75, 3.05) is 0 Å². The molecule has 11 heteroatoms. The maximum atomic E-state index is 13.4. The molecule has 2 heterocycles. The van der Waals surface area contributed by atoms with Crippen molar-refractivity contribution in [2.24, 2.45) is 22.7 Å². The van der Waals surface area contributed by atoms with Gasteiger partial charge in [-0.3, -0.25) is 14.4 Å². The Morgan fingerprint density at radius 3 is 2.46 bits per heavy atom. The summed E-state index contributed by atoms with van der Waals surface area (Å²) in [5.41, 5.74) is -0.874. The summed E-state index contributed by atoms with van der Waals surface area (Å²) in [6.07, 6.45) is -0.0166. The van der Waals surface area contributed by atoms with Crippen molar-refractivity contribution >= 4 is 23.8 Å². The van der Waals surface area contributed by atoms with Gasteiger partial charge in [0, 0.05) is 41.7 Å². The number of aliphatic hydroxyl groups excluding tert-OH is 1. The predicted molar refractivity (Wildman–Crippen MR) is 143 cm³/mol. The van der Waals surface area contributed by atoms with Crippen LogP contribution in [-0.2, 0) is 32.1 Å². The summed E-state index contributed by atoms with van der Waals surface area (Å²) in [6.45, 7) is 9.45. The van der Waals surface area contributed by atoms with E-state index in [1.54, 1.807) is 0 Å². The first-order valence-corrected chi connectivity index (χ1v) is 14.2. The molecular weight excluding hydrogens is 534 g/mol. The van der Waals surface area contributed by atoms with Gasteiger partial charge in [0.15, 0.2) is 0 Å². The van der Waals surface area contributed by atoms with E-state index < -0.39 is 64.9 Å². The molecule has 2 aliphatic heterocycles. The van der Waals surface area contributed by atoms with E-state index in [4.69, 9.17) is 14.6 Å². The molecule has 1 aromatic rings. The van der Waals surface area contributed by atoms with Crippen molar-refractivity contribution < 1.29 is 49.1 Å². The van der Waals surface area contributed by atoms with Gasteiger partial charge in [0.25, 0.3) is 5.91 Å². The molecule has 1 spiro atoms. The first-order valence-electron chi connectivity index (χ1n) is 14.2. The van der Waals surface area contributed by atoms with E-state index in [-0.39, 0.29) is 36.1 Å². The zero-order chi connectivity index (χ0) is 30.2. The van der Waals surface area contributed by atoms with Crippen molar-refractivity contribution in [1.82, 2.24) is 4.90 Å². The molecule has 11 nitrogen and oxygen atoms in total. The fourth-order valence-electron chi connectivity index (χ4n) is 8.75. The number of rotatable bonds is 6. The molecule has 2 fully saturated rings. The molecular formula is C30H39NO10. The average molecular weight is 574 g/mol. The number of benzene rings is 1. The fourth-order valence-corrected chi connectivity index (χ4v) is 8.75. The molecule has 41 heavy (non-hydrogen) atoms. The van der Waals surface area contributed by atoms with Crippen LogP contribution < -0.4 is 4.74 Å². The lowest BCUT2D eigenvalue weighted by Crippen LogP contribution is -2.69. The van der Waals surface area contributed by atoms with Crippen LogP contribution in [0.25, 0.3) is 0 Å². The number of hydrogen-bond acceptors (Lipinski definition) is 8. The number of amides is 1. The molecule has 7 atom stereocenters. The molecule has 5 rings (SSSR count). The van der Waals surface area contributed by atoms with Crippen LogP contribution in [0.4, 0.5) is 0 Å². The van der Waals surface area contributed by atoms with Crippen LogP contribution in [0.1, 0.15) is 88.2 Å². The third-order valence-corrected chi connectivity index (χ3v) is 10.6. The van der Waals surface area contributed by atoms with Gasteiger partial charge < -0.3 is 34.8 Å². The van der Waals surface area contributed by atoms with Gasteiger partial charge in [-0.05, 0) is 43.6 Å². The zero-order valence-electron chi connectivity index (χ0n) is 24.1. The molecule has 1 aromatic carbocycles. The topological polar surface area (TPSA) is 171 Å². The van der Waals surface area contributed by atoms with Crippen LogP contribution in [0.5, 0.6) is 11.5 Å². The second kappa shape index (κ2) is 9.61. The van der Waals surface area contributed by atoms with Crippen molar-refractivity contribution in [3.05, 3.63) is 22.8 Å². The number of carboxylic acid groups (broad SMARTS) is 2. The molecule has 2 saturated carbocycles. The second-order valence-electron chi connectivity index (χ2n) is 13.2. The smallest absolute Gasteiger partial charge is 0.326 e. The Bertz CT molecular complexity index is 1320. The number of esters is 1. The van der Waals surface area contributed by atoms with Crippen LogP contribution in [0, 0.1) is 22.7 Å². The summed E-state index contributed by atoms with van der Waals surface area (Å²) in [4.78, 5) is 49.6. The van der Waals surface area contributed by atoms with Gasteiger partial charge in [-0.2, -0.15) is 0 Å². The van der Waals surface area contributed by atoms with E-state index in [9.17, 15) is 34.5 Å². The third kappa shape index (κ3) is 4.18. The minimum atomic E-state index is -1.35. The maximum Gasteiger partial charge on any atom is 0.326 e. The van der Waals surface area contributed by atoms with Crippen LogP contribution in [0.3, 0.4) is 0 Å². The zero-order valence-corrected chi connectivity index (χ0v) is 24.1. The number of hydrogen-bond donors (Lipinski definition) is 4. The van der Waals surface area contributed by atoms with E-state index in [0.717, 1.165) is 17.7 Å². The number of aliphatic carboxylic acids is 2. The normalized spacial score (nSPS) is 33.9. The molecule has 0 aromatic heterocycles. The summed E-state index contributed by atoms with van der Waals surface area (Å²) in [5.74, 6) is -3.26. The maximum absolute atomic E-state index is 13.4. The van der Waals surface area contributed by atoms with Crippen molar-refractivity contribution in [3.63, 3.8) is 0 Å². The van der Waals surface area contributed by atoms with Crippen molar-refractivity contribution in [1.29, 1.82) is 0 Å². The van der Waals surface area contributed by atoms with Crippen LogP contribution in [0.2, 0.25) is 0 Å². The largest absolute Gasteiger partial charge is 0.508 e. The van der Waals surface area contributed by atoms with Crippen molar-refractivity contribution in [2.45, 2.75) is 104 Å². The first-order chi connectivity index (χ1) is 19.0. The van der Waals surface area contributed by atoms with Gasteiger partial charge in [-0.15, -0.1) is 0 Å². The number of carbonyl (C=O) groups is 4. The van der Waals surface area contributed by atoms with E-state index in [2.05, 4.69) is 13.8 Å². The van der Waals surface area contributed by atoms with E-state index in [1.165, 1.54) is 13.0 Å². The number of aliphatic hydroxyl groups is 1. The van der Waals surface area contributed by atoms with Gasteiger partial charge in [0.2, 0.25) is 0 Å². The van der Waals surface area contributed by atoms with Crippen LogP contribution in [0.15, 0.2) is 6.07 Å². The number of ether oxygens (including phenoxy) is 2. The molecule has 224 valence electrons. The predicted octanol–water partition coefficient (Wildman–Crippen LogP) is 3.11. The highest BCUT2D eigenvalue weighted by Crippen LogP contribution is 2.67. The Balaban J connectivity index is 1.55. The van der Waals surface area contributed by atoms with Gasteiger partial charge in [-0.1, -0.05) is 27.7 Å². The Kier molecular flexibility index (Phi) is 6.83. The number of carbonyl (C=O) groups excluding carboxylic acids is 2. The summed E-state index contributed by atoms with van der Waals surface area (Å²) in [7, 11) is 0. The number of phenols is 1. The molecule has 0 unspecified atom stereocenters. The average Bonchev–Trinajstić information content (AvgIpc) is 3.41. The van der Waals surface area contributed by atoms with Crippen LogP contribution in [-0.4, -0.2) is 73.0 Å². The highest BCUT2D eigenvalue weighted by molar-refractivity contribution is 6.02. The van der Waals surface area contributed by atoms with Crippen LogP contribution >= 0.6 is 0 Å². The Morgan fingerprint density at radius 1 is 1.17 bits per heavy atom. The highest BCUT2D eigenvalue weighted by atomic mass is 16.6. The quantitative estimate of drug-likeness (QED) is 0.371. The second-order valence-corrected chi connectivity index (χ2v) is 13.2. The fraction of sp³-hybridized carbons (Fsp3) is 0.667. The lowest BCUT2D eigenvalue weighted by Gasteiger charge is -2.65. The monoisotopic (exact) mass is 573 g/mol. The number of aromatic hydroxyl groups is 1. The lowest BCUT2D eigenvalue weighted by molar-refractivity contribution is -0.246. The molecule has 4 N–H and O–H groups in total. The number of fused-ring (bicyclic) bond motifs is 5. The van der Waals surface area contributed by atoms with Gasteiger partial charge in [0.1, 0.15) is 29.2 Å². The number of carboxylic acids is 2. The Labute approximate surface area is 238 Å². The highest BCUT2D eigenvalue weighted by Gasteiger charge is 2.69. The minimum absolute atomic E-state index is 0.00556. The lowest BCUT2D eigenvalue weighted by atomic mass is 9.43. The first kappa shape index (κ1) is 29.2. The standard InChI is InChI=1S/C30H39NO10/c1-14-6-8-22-28(3,4)25(40-15(2)32)21(34)12-29(22,5)30(14)11-17-20(33)10-16-18(24(17)41-30)13-31(26(16)37)19(27(38)39)7-9-23(35)36/h10,14,19,21-22,25,33-34H,6-9,11-13H2,1-5H3,(H,35,36)(H,38,39)/t14-,19-,21-,22-,25+,29-,30+/m0/s1. The molecule has 0 bridgehead atoms. The molecule has 2 aliphatic carbocycles. The number of phenolic OH excluding ortho intramolecular Hbond substituents is 1. The summed E-state index contributed by atoms with van der Waals surface area (Å²) < 4.78 is 12.6. The third-order valence-electron chi connectivity index (χ3n) is 10.6. The summed E-state index contributed by atoms with van der Waals surface area (Å²) in [6, 6.07) is 0.0146. The molecule has 4 aliphatic rings. The Morgan fingerprint density at radius 2 is 1.85 bits per heavy atom. The van der Waals surface area contributed by atoms with E-state index in [1.807, 2.05) is 13.8 Å². The molecule has 0 saturated heterocycles. The number of nitrogens with zero attached hydrogens (tertiary/aromatic N) is 1. The Hall–Kier alpha value is -3.34. The SMILES string of the molecule is CC(=O)O[C@@H]1[C@@H](O)C[C@@]2(C)[C@@H](CC[C@H](C)[C@]23Cc2c(O)cc4c(c2O3)CN([C@@H](CCC(=O)O)C(=O)O)C4=O)C1(C)C. The van der Waals surface area contributed by atoms with Gasteiger partial charge >= 0.3 is 17.9 Å².